The average Bonchev–Trinajstić information content (AvgIpc) is 2.90. The van der Waals surface area contributed by atoms with Gasteiger partial charge in [-0.05, 0) is 49.4 Å². The number of para-hydroxylation sites is 2. The Balaban J connectivity index is 1.93. The summed E-state index contributed by atoms with van der Waals surface area (Å²) >= 11 is 0.841. The number of carbonyl (C=O) groups is 3. The zero-order valence-corrected chi connectivity index (χ0v) is 15.5. The van der Waals surface area contributed by atoms with Crippen LogP contribution in [0.1, 0.15) is 18.1 Å². The standard InChI is InChI=1S/C20H17NO5S/c1-12-7-3-5-9-15(12)21-18(22)17(27-20(21)25)11-14-8-4-6-10-16(14)26-13(2)19(23)24/h3-11,13H,1-2H3,(H,23,24)/b17-11+. The Morgan fingerprint density at radius 2 is 1.81 bits per heavy atom. The Morgan fingerprint density at radius 1 is 1.15 bits per heavy atom. The van der Waals surface area contributed by atoms with E-state index in [9.17, 15) is 14.4 Å². The Bertz CT molecular complexity index is 953. The van der Waals surface area contributed by atoms with Crippen molar-refractivity contribution in [2.45, 2.75) is 20.0 Å². The highest BCUT2D eigenvalue weighted by Crippen LogP contribution is 2.37. The average molecular weight is 383 g/mol. The van der Waals surface area contributed by atoms with Gasteiger partial charge >= 0.3 is 5.97 Å². The number of hydrogen-bond acceptors (Lipinski definition) is 5. The number of benzene rings is 2. The first-order chi connectivity index (χ1) is 12.9. The van der Waals surface area contributed by atoms with Crippen molar-refractivity contribution in [2.24, 2.45) is 0 Å². The van der Waals surface area contributed by atoms with Crippen molar-refractivity contribution < 1.29 is 24.2 Å². The molecule has 138 valence electrons. The molecule has 0 aliphatic carbocycles. The molecule has 1 heterocycles. The maximum Gasteiger partial charge on any atom is 0.344 e. The molecule has 2 amide bonds. The van der Waals surface area contributed by atoms with Gasteiger partial charge in [0.2, 0.25) is 0 Å². The fourth-order valence-corrected chi connectivity index (χ4v) is 3.40. The summed E-state index contributed by atoms with van der Waals surface area (Å²) in [5, 5.41) is 8.66. The van der Waals surface area contributed by atoms with Crippen LogP contribution in [0.2, 0.25) is 0 Å². The fraction of sp³-hybridized carbons (Fsp3) is 0.150. The second kappa shape index (κ2) is 7.67. The third-order valence-electron chi connectivity index (χ3n) is 4.01. The highest BCUT2D eigenvalue weighted by Gasteiger charge is 2.37. The lowest BCUT2D eigenvalue weighted by Crippen LogP contribution is -2.28. The van der Waals surface area contributed by atoms with E-state index in [1.54, 1.807) is 42.5 Å². The third kappa shape index (κ3) is 3.88. The molecule has 6 nitrogen and oxygen atoms in total. The Labute approximate surface area is 160 Å². The van der Waals surface area contributed by atoms with Crippen molar-refractivity contribution >= 4 is 40.6 Å². The molecule has 1 aliphatic heterocycles. The van der Waals surface area contributed by atoms with Crippen molar-refractivity contribution in [3.8, 4) is 5.75 Å². The van der Waals surface area contributed by atoms with E-state index in [0.717, 1.165) is 22.2 Å². The smallest absolute Gasteiger partial charge is 0.344 e. The zero-order valence-electron chi connectivity index (χ0n) is 14.7. The van der Waals surface area contributed by atoms with E-state index in [1.165, 1.54) is 6.92 Å². The highest BCUT2D eigenvalue weighted by atomic mass is 32.2. The molecule has 27 heavy (non-hydrogen) atoms. The summed E-state index contributed by atoms with van der Waals surface area (Å²) in [7, 11) is 0. The summed E-state index contributed by atoms with van der Waals surface area (Å²) in [6.07, 6.45) is 0.508. The highest BCUT2D eigenvalue weighted by molar-refractivity contribution is 8.19. The molecule has 0 aromatic heterocycles. The molecule has 1 unspecified atom stereocenters. The van der Waals surface area contributed by atoms with Crippen LogP contribution in [0.5, 0.6) is 5.75 Å². The molecule has 0 radical (unpaired) electrons. The quantitative estimate of drug-likeness (QED) is 0.783. The first-order valence-corrected chi connectivity index (χ1v) is 9.02. The van der Waals surface area contributed by atoms with Gasteiger partial charge < -0.3 is 9.84 Å². The summed E-state index contributed by atoms with van der Waals surface area (Å²) in [6, 6.07) is 13.9. The van der Waals surface area contributed by atoms with E-state index in [0.29, 0.717) is 17.0 Å². The molecule has 2 aromatic rings. The first kappa shape index (κ1) is 18.7. The van der Waals surface area contributed by atoms with Crippen LogP contribution in [0.25, 0.3) is 6.08 Å². The number of carbonyl (C=O) groups excluding carboxylic acids is 2. The molecule has 1 aliphatic rings. The molecule has 1 N–H and O–H groups in total. The van der Waals surface area contributed by atoms with Gasteiger partial charge in [0.15, 0.2) is 6.10 Å². The Kier molecular flexibility index (Phi) is 5.32. The SMILES string of the molecule is Cc1ccccc1N1C(=O)S/C(=C/c2ccccc2OC(C)C(=O)O)C1=O. The maximum absolute atomic E-state index is 12.8. The van der Waals surface area contributed by atoms with Gasteiger partial charge in [-0.3, -0.25) is 9.59 Å². The molecular formula is C20H17NO5S. The number of aryl methyl sites for hydroxylation is 1. The number of rotatable bonds is 5. The van der Waals surface area contributed by atoms with Gasteiger partial charge in [0.1, 0.15) is 5.75 Å². The van der Waals surface area contributed by atoms with Crippen LogP contribution < -0.4 is 9.64 Å². The number of hydrogen-bond donors (Lipinski definition) is 1. The monoisotopic (exact) mass is 383 g/mol. The molecule has 1 fully saturated rings. The number of nitrogens with zero attached hydrogens (tertiary/aromatic N) is 1. The van der Waals surface area contributed by atoms with Gasteiger partial charge in [-0.1, -0.05) is 36.4 Å². The van der Waals surface area contributed by atoms with Crippen LogP contribution in [-0.4, -0.2) is 28.3 Å². The Hall–Kier alpha value is -3.06. The molecular weight excluding hydrogens is 366 g/mol. The van der Waals surface area contributed by atoms with E-state index < -0.39 is 18.0 Å². The van der Waals surface area contributed by atoms with Gasteiger partial charge in [0.05, 0.1) is 10.6 Å². The molecule has 2 aromatic carbocycles. The predicted octanol–water partition coefficient (Wildman–Crippen LogP) is 4.09. The molecule has 7 heteroatoms. The Morgan fingerprint density at radius 3 is 2.52 bits per heavy atom. The molecule has 3 rings (SSSR count). The number of aliphatic carboxylic acids is 1. The largest absolute Gasteiger partial charge is 0.479 e. The van der Waals surface area contributed by atoms with Gasteiger partial charge in [-0.15, -0.1) is 0 Å². The number of ether oxygens (including phenoxy) is 1. The zero-order chi connectivity index (χ0) is 19.6. The van der Waals surface area contributed by atoms with Gasteiger partial charge in [-0.25, -0.2) is 9.69 Å². The lowest BCUT2D eigenvalue weighted by atomic mass is 10.1. The van der Waals surface area contributed by atoms with Crippen LogP contribution in [-0.2, 0) is 9.59 Å². The van der Waals surface area contributed by atoms with Crippen LogP contribution in [0.4, 0.5) is 10.5 Å². The van der Waals surface area contributed by atoms with Gasteiger partial charge in [0.25, 0.3) is 11.1 Å². The minimum atomic E-state index is -1.09. The summed E-state index contributed by atoms with van der Waals surface area (Å²) in [5.41, 5.74) is 1.90. The van der Waals surface area contributed by atoms with E-state index in [2.05, 4.69) is 0 Å². The minimum Gasteiger partial charge on any atom is -0.479 e. The minimum absolute atomic E-state index is 0.252. The normalized spacial score (nSPS) is 16.7. The third-order valence-corrected chi connectivity index (χ3v) is 4.88. The molecule has 1 atom stereocenters. The van der Waals surface area contributed by atoms with E-state index in [-0.39, 0.29) is 10.1 Å². The number of anilines is 1. The number of imide groups is 1. The second-order valence-corrected chi connectivity index (χ2v) is 6.93. The summed E-state index contributed by atoms with van der Waals surface area (Å²) in [6.45, 7) is 3.25. The second-order valence-electron chi connectivity index (χ2n) is 5.94. The number of amides is 2. The lowest BCUT2D eigenvalue weighted by molar-refractivity contribution is -0.144. The summed E-state index contributed by atoms with van der Waals surface area (Å²) < 4.78 is 5.45. The summed E-state index contributed by atoms with van der Waals surface area (Å²) in [5.74, 6) is -1.18. The number of carboxylic acids is 1. The van der Waals surface area contributed by atoms with Crippen molar-refractivity contribution in [2.75, 3.05) is 4.90 Å². The van der Waals surface area contributed by atoms with E-state index >= 15 is 0 Å². The fourth-order valence-electron chi connectivity index (χ4n) is 2.58. The maximum atomic E-state index is 12.8. The van der Waals surface area contributed by atoms with Crippen LogP contribution in [0.15, 0.2) is 53.4 Å². The molecule has 1 saturated heterocycles. The van der Waals surface area contributed by atoms with Gasteiger partial charge in [-0.2, -0.15) is 0 Å². The topological polar surface area (TPSA) is 83.9 Å². The van der Waals surface area contributed by atoms with Crippen LogP contribution in [0.3, 0.4) is 0 Å². The van der Waals surface area contributed by atoms with E-state index in [1.807, 2.05) is 19.1 Å². The van der Waals surface area contributed by atoms with Crippen molar-refractivity contribution in [1.29, 1.82) is 0 Å². The lowest BCUT2D eigenvalue weighted by Gasteiger charge is -2.15. The number of carboxylic acid groups (broad SMARTS) is 1. The van der Waals surface area contributed by atoms with Gasteiger partial charge in [0, 0.05) is 5.56 Å². The molecule has 0 bridgehead atoms. The van der Waals surface area contributed by atoms with Crippen molar-refractivity contribution in [3.63, 3.8) is 0 Å². The molecule has 0 spiro atoms. The molecule has 0 saturated carbocycles. The first-order valence-electron chi connectivity index (χ1n) is 8.20. The van der Waals surface area contributed by atoms with Crippen LogP contribution in [0, 0.1) is 6.92 Å². The van der Waals surface area contributed by atoms with E-state index in [4.69, 9.17) is 9.84 Å². The summed E-state index contributed by atoms with van der Waals surface area (Å²) in [4.78, 5) is 37.6. The number of thioether (sulfide) groups is 1. The predicted molar refractivity (Wildman–Crippen MR) is 104 cm³/mol. The van der Waals surface area contributed by atoms with Crippen molar-refractivity contribution in [1.82, 2.24) is 0 Å². The van der Waals surface area contributed by atoms with Crippen molar-refractivity contribution in [3.05, 3.63) is 64.6 Å². The van der Waals surface area contributed by atoms with Crippen LogP contribution >= 0.6 is 11.8 Å².